The van der Waals surface area contributed by atoms with Crippen LogP contribution >= 0.6 is 23.7 Å². The van der Waals surface area contributed by atoms with Crippen molar-refractivity contribution in [1.82, 2.24) is 0 Å². The van der Waals surface area contributed by atoms with Gasteiger partial charge in [0.15, 0.2) is 0 Å². The van der Waals surface area contributed by atoms with Crippen LogP contribution in [0.1, 0.15) is 62.3 Å². The molecule has 0 bridgehead atoms. The van der Waals surface area contributed by atoms with E-state index in [1.807, 2.05) is 6.07 Å². The highest BCUT2D eigenvalue weighted by Crippen LogP contribution is 2.29. The smallest absolute Gasteiger partial charge is 0.133 e. The molecular formula is C19H27ClN2S. The maximum Gasteiger partial charge on any atom is 0.133 e. The molecule has 0 atom stereocenters. The Morgan fingerprint density at radius 3 is 2.65 bits per heavy atom. The number of rotatable bonds is 9. The van der Waals surface area contributed by atoms with Crippen LogP contribution in [-0.2, 0) is 0 Å². The van der Waals surface area contributed by atoms with Gasteiger partial charge in [-0.1, -0.05) is 63.3 Å². The van der Waals surface area contributed by atoms with Crippen LogP contribution in [0, 0.1) is 5.41 Å². The lowest BCUT2D eigenvalue weighted by Gasteiger charge is -1.99. The quantitative estimate of drug-likeness (QED) is 0.308. The van der Waals surface area contributed by atoms with E-state index in [1.165, 1.54) is 54.2 Å². The summed E-state index contributed by atoms with van der Waals surface area (Å²) in [6, 6.07) is 8.34. The number of fused-ring (bicyclic) bond motifs is 1. The van der Waals surface area contributed by atoms with Crippen LogP contribution < -0.4 is 5.73 Å². The number of thiophene rings is 1. The molecule has 3 N–H and O–H groups in total. The highest BCUT2D eigenvalue weighted by molar-refractivity contribution is 7.20. The zero-order chi connectivity index (χ0) is 15.8. The van der Waals surface area contributed by atoms with Gasteiger partial charge in [0.05, 0.1) is 4.88 Å². The minimum atomic E-state index is 0. The maximum atomic E-state index is 7.57. The molecule has 1 aromatic carbocycles. The summed E-state index contributed by atoms with van der Waals surface area (Å²) in [6.45, 7) is 2.26. The third kappa shape index (κ3) is 6.00. The summed E-state index contributed by atoms with van der Waals surface area (Å²) < 4.78 is 1.20. The Morgan fingerprint density at radius 2 is 1.91 bits per heavy atom. The van der Waals surface area contributed by atoms with Gasteiger partial charge in [0.2, 0.25) is 0 Å². The Kier molecular flexibility index (Phi) is 8.97. The number of amidine groups is 1. The Labute approximate surface area is 149 Å². The van der Waals surface area contributed by atoms with Gasteiger partial charge in [-0.3, -0.25) is 5.41 Å². The van der Waals surface area contributed by atoms with Crippen molar-refractivity contribution >= 4 is 45.7 Å². The molecule has 0 aliphatic heterocycles. The van der Waals surface area contributed by atoms with E-state index >= 15 is 0 Å². The van der Waals surface area contributed by atoms with Gasteiger partial charge in [0.25, 0.3) is 0 Å². The van der Waals surface area contributed by atoms with Crippen molar-refractivity contribution in [3.05, 3.63) is 40.8 Å². The van der Waals surface area contributed by atoms with Gasteiger partial charge in [-0.2, -0.15) is 0 Å². The van der Waals surface area contributed by atoms with Gasteiger partial charge in [-0.15, -0.1) is 23.7 Å². The van der Waals surface area contributed by atoms with Gasteiger partial charge >= 0.3 is 0 Å². The van der Waals surface area contributed by atoms with Crippen molar-refractivity contribution in [3.63, 3.8) is 0 Å². The summed E-state index contributed by atoms with van der Waals surface area (Å²) in [5, 5.41) is 8.78. The number of nitrogens with two attached hydrogens (primary N) is 1. The fourth-order valence-corrected chi connectivity index (χ4v) is 3.57. The third-order valence-corrected chi connectivity index (χ3v) is 5.02. The van der Waals surface area contributed by atoms with Gasteiger partial charge < -0.3 is 5.73 Å². The van der Waals surface area contributed by atoms with Crippen molar-refractivity contribution < 1.29 is 0 Å². The second-order valence-corrected chi connectivity index (χ2v) is 6.83. The molecule has 0 spiro atoms. The zero-order valence-corrected chi connectivity index (χ0v) is 15.4. The Bertz CT molecular complexity index is 646. The van der Waals surface area contributed by atoms with Gasteiger partial charge in [0, 0.05) is 10.1 Å². The first-order valence-corrected chi connectivity index (χ1v) is 9.07. The van der Waals surface area contributed by atoms with E-state index in [9.17, 15) is 0 Å². The number of nitrogens with one attached hydrogen (secondary N) is 1. The highest BCUT2D eigenvalue weighted by Gasteiger charge is 2.06. The molecule has 4 heteroatoms. The maximum absolute atomic E-state index is 7.57. The molecule has 1 heterocycles. The number of allylic oxidation sites excluding steroid dienone is 1. The lowest BCUT2D eigenvalue weighted by atomic mass is 10.1. The largest absolute Gasteiger partial charge is 0.383 e. The van der Waals surface area contributed by atoms with Crippen molar-refractivity contribution in [2.24, 2.45) is 5.73 Å². The van der Waals surface area contributed by atoms with E-state index in [4.69, 9.17) is 11.1 Å². The van der Waals surface area contributed by atoms with Crippen LogP contribution in [0.25, 0.3) is 16.2 Å². The van der Waals surface area contributed by atoms with Crippen LogP contribution in [0.2, 0.25) is 0 Å². The molecule has 0 aliphatic carbocycles. The summed E-state index contributed by atoms with van der Waals surface area (Å²) in [7, 11) is 0. The molecule has 0 aliphatic rings. The lowest BCUT2D eigenvalue weighted by Crippen LogP contribution is -2.08. The molecule has 0 unspecified atom stereocenters. The predicted octanol–water partition coefficient (Wildman–Crippen LogP) is 6.37. The first-order valence-electron chi connectivity index (χ1n) is 8.26. The Morgan fingerprint density at radius 1 is 1.17 bits per heavy atom. The molecule has 23 heavy (non-hydrogen) atoms. The van der Waals surface area contributed by atoms with Crippen molar-refractivity contribution in [2.75, 3.05) is 0 Å². The molecule has 0 saturated heterocycles. The van der Waals surface area contributed by atoms with Crippen molar-refractivity contribution in [1.29, 1.82) is 5.41 Å². The SMILES string of the molecule is CCCCCCCCC=Cc1cccc2sc(C(=N)N)cc12.Cl. The van der Waals surface area contributed by atoms with Crippen LogP contribution in [0.5, 0.6) is 0 Å². The van der Waals surface area contributed by atoms with E-state index < -0.39 is 0 Å². The van der Waals surface area contributed by atoms with Gasteiger partial charge in [-0.25, -0.2) is 0 Å². The second kappa shape index (κ2) is 10.5. The fraction of sp³-hybridized carbons (Fsp3) is 0.421. The molecule has 0 radical (unpaired) electrons. The molecule has 126 valence electrons. The molecule has 0 fully saturated rings. The summed E-state index contributed by atoms with van der Waals surface area (Å²) in [5.74, 6) is 0.156. The molecule has 2 aromatic rings. The fourth-order valence-electron chi connectivity index (χ4n) is 2.61. The van der Waals surface area contributed by atoms with Gasteiger partial charge in [0.1, 0.15) is 5.84 Å². The second-order valence-electron chi connectivity index (χ2n) is 5.74. The third-order valence-electron chi connectivity index (χ3n) is 3.88. The first kappa shape index (κ1) is 19.7. The van der Waals surface area contributed by atoms with Crippen LogP contribution in [-0.4, -0.2) is 5.84 Å². The van der Waals surface area contributed by atoms with E-state index in [1.54, 1.807) is 11.3 Å². The lowest BCUT2D eigenvalue weighted by molar-refractivity contribution is 0.611. The molecule has 0 saturated carbocycles. The summed E-state index contributed by atoms with van der Waals surface area (Å²) in [6.07, 6.45) is 13.7. The Hall–Kier alpha value is -1.32. The Balaban J connectivity index is 0.00000264. The number of halogens is 1. The number of hydrogen-bond donors (Lipinski definition) is 2. The zero-order valence-electron chi connectivity index (χ0n) is 13.8. The van der Waals surface area contributed by atoms with Crippen LogP contribution in [0.15, 0.2) is 30.3 Å². The molecular weight excluding hydrogens is 324 g/mol. The van der Waals surface area contributed by atoms with Crippen LogP contribution in [0.4, 0.5) is 0 Å². The highest BCUT2D eigenvalue weighted by atomic mass is 35.5. The minimum Gasteiger partial charge on any atom is -0.383 e. The number of unbranched alkanes of at least 4 members (excludes halogenated alkanes) is 6. The molecule has 1 aromatic heterocycles. The average Bonchev–Trinajstić information content (AvgIpc) is 2.95. The molecule has 2 nitrogen and oxygen atoms in total. The minimum absolute atomic E-state index is 0. The van der Waals surface area contributed by atoms with Gasteiger partial charge in [-0.05, 0) is 30.5 Å². The van der Waals surface area contributed by atoms with Crippen molar-refractivity contribution in [3.8, 4) is 0 Å². The summed E-state index contributed by atoms with van der Waals surface area (Å²) >= 11 is 1.59. The normalized spacial score (nSPS) is 11.0. The summed E-state index contributed by atoms with van der Waals surface area (Å²) in [5.41, 5.74) is 6.82. The average molecular weight is 351 g/mol. The van der Waals surface area contributed by atoms with E-state index in [2.05, 4.69) is 37.3 Å². The number of benzene rings is 1. The topological polar surface area (TPSA) is 49.9 Å². The van der Waals surface area contributed by atoms with E-state index in [0.717, 1.165) is 11.3 Å². The van der Waals surface area contributed by atoms with E-state index in [0.29, 0.717) is 0 Å². The monoisotopic (exact) mass is 350 g/mol. The van der Waals surface area contributed by atoms with Crippen molar-refractivity contribution in [2.45, 2.75) is 51.9 Å². The number of hydrogen-bond acceptors (Lipinski definition) is 2. The first-order chi connectivity index (χ1) is 10.7. The van der Waals surface area contributed by atoms with E-state index in [-0.39, 0.29) is 18.2 Å². The predicted molar refractivity (Wildman–Crippen MR) is 107 cm³/mol. The standard InChI is InChI=1S/C19H26N2S.ClH/c1-2-3-4-5-6-7-8-9-11-15-12-10-13-17-16(15)14-18(22-17)19(20)21;/h9-14H,2-8H2,1H3,(H3,20,21);1H. The number of nitrogen functional groups attached to an aromatic ring is 1. The summed E-state index contributed by atoms with van der Waals surface area (Å²) in [4.78, 5) is 0.853. The molecule has 0 amide bonds. The van der Waals surface area contributed by atoms with Crippen LogP contribution in [0.3, 0.4) is 0 Å². The molecule has 2 rings (SSSR count).